The number of nitrogens with two attached hydrogens (primary N) is 1. The van der Waals surface area contributed by atoms with Gasteiger partial charge in [0.05, 0.1) is 0 Å². The van der Waals surface area contributed by atoms with Gasteiger partial charge in [-0.05, 0) is 6.42 Å². The van der Waals surface area contributed by atoms with E-state index in [4.69, 9.17) is 5.73 Å². The van der Waals surface area contributed by atoms with E-state index in [1.807, 2.05) is 6.92 Å². The third-order valence-electron chi connectivity index (χ3n) is 2.83. The van der Waals surface area contributed by atoms with Crippen molar-refractivity contribution in [2.75, 3.05) is 45.8 Å². The van der Waals surface area contributed by atoms with Crippen molar-refractivity contribution in [1.82, 2.24) is 15.1 Å². The molecule has 0 atom stereocenters. The minimum absolute atomic E-state index is 0.411. The first kappa shape index (κ1) is 13.9. The first-order valence-electron chi connectivity index (χ1n) is 6.18. The lowest BCUT2D eigenvalue weighted by molar-refractivity contribution is -0.146. The first-order valence-corrected chi connectivity index (χ1v) is 6.18. The van der Waals surface area contributed by atoms with Crippen LogP contribution in [0.1, 0.15) is 13.3 Å². The van der Waals surface area contributed by atoms with Crippen molar-refractivity contribution in [3.05, 3.63) is 0 Å². The van der Waals surface area contributed by atoms with Crippen LogP contribution in [0.5, 0.6) is 0 Å². The number of nitrogens with one attached hydrogen (secondary N) is 1. The maximum absolute atomic E-state index is 11.7. The lowest BCUT2D eigenvalue weighted by Gasteiger charge is -2.34. The van der Waals surface area contributed by atoms with Gasteiger partial charge in [-0.3, -0.25) is 14.5 Å². The Bertz CT molecular complexity index is 262. The van der Waals surface area contributed by atoms with Crippen molar-refractivity contribution >= 4 is 11.8 Å². The largest absolute Gasteiger partial charge is 0.348 e. The van der Waals surface area contributed by atoms with Gasteiger partial charge >= 0.3 is 11.8 Å². The molecule has 1 rings (SSSR count). The minimum Gasteiger partial charge on any atom is -0.348 e. The highest BCUT2D eigenvalue weighted by atomic mass is 16.2. The Balaban J connectivity index is 2.32. The molecule has 1 saturated heterocycles. The molecular weight excluding hydrogens is 220 g/mol. The summed E-state index contributed by atoms with van der Waals surface area (Å²) in [6, 6.07) is 0. The van der Waals surface area contributed by atoms with Gasteiger partial charge in [0.15, 0.2) is 0 Å². The van der Waals surface area contributed by atoms with Crippen LogP contribution < -0.4 is 11.1 Å². The fourth-order valence-electron chi connectivity index (χ4n) is 1.81. The van der Waals surface area contributed by atoms with Crippen molar-refractivity contribution in [1.29, 1.82) is 0 Å². The smallest absolute Gasteiger partial charge is 0.311 e. The van der Waals surface area contributed by atoms with Crippen LogP contribution in [0, 0.1) is 0 Å². The second-order valence-corrected chi connectivity index (χ2v) is 4.18. The van der Waals surface area contributed by atoms with Gasteiger partial charge in [0, 0.05) is 45.8 Å². The van der Waals surface area contributed by atoms with Gasteiger partial charge in [-0.25, -0.2) is 0 Å². The number of nitrogens with zero attached hydrogens (tertiary/aromatic N) is 2. The fraction of sp³-hybridized carbons (Fsp3) is 0.818. The molecule has 98 valence electrons. The monoisotopic (exact) mass is 242 g/mol. The van der Waals surface area contributed by atoms with Crippen LogP contribution in [0.4, 0.5) is 0 Å². The van der Waals surface area contributed by atoms with Gasteiger partial charge in [0.25, 0.3) is 0 Å². The predicted octanol–water partition coefficient (Wildman–Crippen LogP) is -1.38. The molecular formula is C11H22N4O2. The zero-order chi connectivity index (χ0) is 12.7. The summed E-state index contributed by atoms with van der Waals surface area (Å²) in [6.45, 7) is 6.80. The van der Waals surface area contributed by atoms with Gasteiger partial charge in [0.1, 0.15) is 0 Å². The summed E-state index contributed by atoms with van der Waals surface area (Å²) >= 11 is 0. The summed E-state index contributed by atoms with van der Waals surface area (Å²) in [7, 11) is 0. The normalized spacial score (nSPS) is 16.9. The van der Waals surface area contributed by atoms with E-state index >= 15 is 0 Å². The molecule has 3 N–H and O–H groups in total. The molecule has 1 heterocycles. The number of piperazine rings is 1. The summed E-state index contributed by atoms with van der Waals surface area (Å²) < 4.78 is 0. The molecule has 0 aromatic heterocycles. The molecule has 2 amide bonds. The summed E-state index contributed by atoms with van der Waals surface area (Å²) in [5.41, 5.74) is 5.47. The molecule has 1 aliphatic heterocycles. The molecule has 6 heteroatoms. The van der Waals surface area contributed by atoms with E-state index in [0.29, 0.717) is 26.2 Å². The summed E-state index contributed by atoms with van der Waals surface area (Å²) in [5, 5.41) is 2.60. The van der Waals surface area contributed by atoms with E-state index in [9.17, 15) is 9.59 Å². The van der Waals surface area contributed by atoms with Gasteiger partial charge < -0.3 is 16.0 Å². The Morgan fingerprint density at radius 1 is 1.24 bits per heavy atom. The maximum atomic E-state index is 11.7. The van der Waals surface area contributed by atoms with E-state index in [2.05, 4.69) is 10.2 Å². The first-order chi connectivity index (χ1) is 8.19. The highest BCUT2D eigenvalue weighted by Gasteiger charge is 2.25. The van der Waals surface area contributed by atoms with Crippen molar-refractivity contribution in [2.24, 2.45) is 5.73 Å². The number of amides is 2. The molecule has 0 aliphatic carbocycles. The molecule has 0 unspecified atom stereocenters. The molecule has 1 fully saturated rings. The fourth-order valence-corrected chi connectivity index (χ4v) is 1.81. The minimum atomic E-state index is -0.487. The van der Waals surface area contributed by atoms with Gasteiger partial charge in [-0.2, -0.15) is 0 Å². The Hall–Kier alpha value is -1.14. The molecule has 0 aromatic carbocycles. The SMILES string of the molecule is CCCNC(=O)C(=O)N1CCN(CCN)CC1. The van der Waals surface area contributed by atoms with Crippen molar-refractivity contribution < 1.29 is 9.59 Å². The van der Waals surface area contributed by atoms with Crippen LogP contribution in [0.25, 0.3) is 0 Å². The third-order valence-corrected chi connectivity index (χ3v) is 2.83. The number of hydrogen-bond donors (Lipinski definition) is 2. The lowest BCUT2D eigenvalue weighted by Crippen LogP contribution is -2.53. The summed E-state index contributed by atoms with van der Waals surface area (Å²) in [6.07, 6.45) is 0.837. The molecule has 17 heavy (non-hydrogen) atoms. The second kappa shape index (κ2) is 7.24. The molecule has 0 saturated carbocycles. The average molecular weight is 242 g/mol. The van der Waals surface area contributed by atoms with Crippen LogP contribution in [0.15, 0.2) is 0 Å². The molecule has 1 aliphatic rings. The van der Waals surface area contributed by atoms with E-state index < -0.39 is 11.8 Å². The van der Waals surface area contributed by atoms with Gasteiger partial charge in [-0.15, -0.1) is 0 Å². The van der Waals surface area contributed by atoms with E-state index in [1.54, 1.807) is 4.90 Å². The molecule has 0 spiro atoms. The number of hydrogen-bond acceptors (Lipinski definition) is 4. The Kier molecular flexibility index (Phi) is 5.93. The van der Waals surface area contributed by atoms with Crippen molar-refractivity contribution in [3.8, 4) is 0 Å². The molecule has 0 aromatic rings. The molecule has 0 bridgehead atoms. The molecule has 0 radical (unpaired) electrons. The Labute approximate surface area is 102 Å². The summed E-state index contributed by atoms with van der Waals surface area (Å²) in [4.78, 5) is 27.0. The number of carbonyl (C=O) groups excluding carboxylic acids is 2. The molecule has 6 nitrogen and oxygen atoms in total. The number of carbonyl (C=O) groups is 2. The predicted molar refractivity (Wildman–Crippen MR) is 65.4 cm³/mol. The maximum Gasteiger partial charge on any atom is 0.311 e. The highest BCUT2D eigenvalue weighted by Crippen LogP contribution is 2.01. The van der Waals surface area contributed by atoms with Gasteiger partial charge in [-0.1, -0.05) is 6.92 Å². The zero-order valence-electron chi connectivity index (χ0n) is 10.4. The Morgan fingerprint density at radius 2 is 1.88 bits per heavy atom. The third kappa shape index (κ3) is 4.32. The quantitative estimate of drug-likeness (QED) is 0.595. The zero-order valence-corrected chi connectivity index (χ0v) is 10.4. The standard InChI is InChI=1S/C11H22N4O2/c1-2-4-13-10(16)11(17)15-8-6-14(5-3-12)7-9-15/h2-9,12H2,1H3,(H,13,16). The highest BCUT2D eigenvalue weighted by molar-refractivity contribution is 6.35. The Morgan fingerprint density at radius 3 is 2.41 bits per heavy atom. The van der Waals surface area contributed by atoms with E-state index in [1.165, 1.54) is 0 Å². The average Bonchev–Trinajstić information content (AvgIpc) is 2.36. The van der Waals surface area contributed by atoms with E-state index in [0.717, 1.165) is 26.1 Å². The second-order valence-electron chi connectivity index (χ2n) is 4.18. The van der Waals surface area contributed by atoms with Crippen LogP contribution in [-0.2, 0) is 9.59 Å². The van der Waals surface area contributed by atoms with Crippen molar-refractivity contribution in [2.45, 2.75) is 13.3 Å². The van der Waals surface area contributed by atoms with Crippen molar-refractivity contribution in [3.63, 3.8) is 0 Å². The topological polar surface area (TPSA) is 78.7 Å². The number of rotatable bonds is 4. The summed E-state index contributed by atoms with van der Waals surface area (Å²) in [5.74, 6) is -0.898. The van der Waals surface area contributed by atoms with Crippen LogP contribution in [0.3, 0.4) is 0 Å². The van der Waals surface area contributed by atoms with E-state index in [-0.39, 0.29) is 0 Å². The van der Waals surface area contributed by atoms with Crippen LogP contribution >= 0.6 is 0 Å². The lowest BCUT2D eigenvalue weighted by atomic mass is 10.3. The van der Waals surface area contributed by atoms with Crippen LogP contribution in [-0.4, -0.2) is 67.4 Å². The van der Waals surface area contributed by atoms with Crippen LogP contribution in [0.2, 0.25) is 0 Å². The van der Waals surface area contributed by atoms with Gasteiger partial charge in [0.2, 0.25) is 0 Å².